The minimum atomic E-state index is 1.18. The van der Waals surface area contributed by atoms with E-state index >= 15 is 0 Å². The Kier molecular flexibility index (Phi) is 5.04. The lowest BCUT2D eigenvalue weighted by Gasteiger charge is -2.25. The highest BCUT2D eigenvalue weighted by Gasteiger charge is 2.17. The van der Waals surface area contributed by atoms with Crippen LogP contribution in [0, 0.1) is 0 Å². The molecule has 0 aliphatic heterocycles. The van der Waals surface area contributed by atoms with Gasteiger partial charge in [-0.1, -0.05) is 109 Å². The summed E-state index contributed by atoms with van der Waals surface area (Å²) in [6.07, 6.45) is 0. The van der Waals surface area contributed by atoms with Crippen LogP contribution in [0.3, 0.4) is 0 Å². The molecule has 6 aromatic carbocycles. The first-order chi connectivity index (χ1) is 18.3. The number of aromatic nitrogens is 1. The Morgan fingerprint density at radius 2 is 0.973 bits per heavy atom. The largest absolute Gasteiger partial charge is 0.344 e. The van der Waals surface area contributed by atoms with Crippen molar-refractivity contribution in [2.24, 2.45) is 0 Å². The van der Waals surface area contributed by atoms with Gasteiger partial charge in [-0.05, 0) is 35.9 Å². The maximum atomic E-state index is 2.41. The third-order valence-electron chi connectivity index (χ3n) is 7.41. The second-order valence-corrected chi connectivity index (χ2v) is 9.46. The fourth-order valence-electron chi connectivity index (χ4n) is 5.69. The van der Waals surface area contributed by atoms with E-state index in [-0.39, 0.29) is 0 Å². The van der Waals surface area contributed by atoms with E-state index < -0.39 is 0 Å². The molecule has 0 saturated heterocycles. The van der Waals surface area contributed by atoms with Crippen molar-refractivity contribution in [1.82, 2.24) is 4.57 Å². The van der Waals surface area contributed by atoms with Crippen LogP contribution in [0.15, 0.2) is 140 Å². The van der Waals surface area contributed by atoms with E-state index in [4.69, 9.17) is 0 Å². The van der Waals surface area contributed by atoms with Gasteiger partial charge in [-0.25, -0.2) is 0 Å². The second kappa shape index (κ2) is 8.69. The van der Waals surface area contributed by atoms with Crippen LogP contribution < -0.4 is 4.90 Å². The van der Waals surface area contributed by atoms with Crippen molar-refractivity contribution in [3.63, 3.8) is 0 Å². The van der Waals surface area contributed by atoms with Crippen molar-refractivity contribution >= 4 is 44.0 Å². The molecule has 0 amide bonds. The number of hydrogen-bond donors (Lipinski definition) is 0. The second-order valence-electron chi connectivity index (χ2n) is 9.46. The summed E-state index contributed by atoms with van der Waals surface area (Å²) in [5.41, 5.74) is 8.46. The van der Waals surface area contributed by atoms with E-state index in [0.29, 0.717) is 0 Å². The normalized spacial score (nSPS) is 11.4. The van der Waals surface area contributed by atoms with Gasteiger partial charge in [-0.15, -0.1) is 0 Å². The highest BCUT2D eigenvalue weighted by atomic mass is 15.1. The zero-order valence-corrected chi connectivity index (χ0v) is 20.7. The molecule has 0 saturated carbocycles. The number of rotatable bonds is 4. The average Bonchev–Trinajstić information content (AvgIpc) is 3.31. The lowest BCUT2D eigenvalue weighted by atomic mass is 10.0. The van der Waals surface area contributed by atoms with Gasteiger partial charge >= 0.3 is 0 Å². The van der Waals surface area contributed by atoms with Gasteiger partial charge in [-0.3, -0.25) is 0 Å². The van der Waals surface area contributed by atoms with Crippen LogP contribution in [-0.2, 0) is 0 Å². The van der Waals surface area contributed by atoms with Crippen LogP contribution in [0.1, 0.15) is 0 Å². The monoisotopic (exact) mass is 474 g/mol. The summed E-state index contributed by atoms with van der Waals surface area (Å²) in [5, 5.41) is 5.02. The predicted molar refractivity (Wildman–Crippen MR) is 158 cm³/mol. The molecule has 0 bridgehead atoms. The number of benzene rings is 6. The van der Waals surface area contributed by atoms with Crippen molar-refractivity contribution in [3.8, 4) is 16.8 Å². The van der Waals surface area contributed by atoms with E-state index in [1.54, 1.807) is 0 Å². The molecule has 2 nitrogen and oxygen atoms in total. The molecule has 0 aliphatic rings. The van der Waals surface area contributed by atoms with Gasteiger partial charge in [0, 0.05) is 45.5 Å². The molecular weight excluding hydrogens is 448 g/mol. The molecule has 2 heteroatoms. The first-order valence-electron chi connectivity index (χ1n) is 12.7. The molecule has 0 fully saturated rings. The van der Waals surface area contributed by atoms with E-state index in [0.717, 1.165) is 0 Å². The molecule has 7 aromatic rings. The Hall–Kier alpha value is -4.82. The van der Waals surface area contributed by atoms with Gasteiger partial charge in [0.1, 0.15) is 0 Å². The predicted octanol–water partition coefficient (Wildman–Crippen LogP) is 9.37. The fraction of sp³-hybridized carbons (Fsp3) is 0.0286. The Bertz CT molecular complexity index is 1840. The minimum absolute atomic E-state index is 1.18. The standard InChI is InChI=1S/C35H26N2/c1-36(31-20-10-7-15-26(31)25-13-3-2-4-14-25)32-23-24-35(28-17-6-5-16-27(28)32)37-33-21-11-8-18-29(33)30-19-9-12-22-34(30)37/h2-24H,1H3. The topological polar surface area (TPSA) is 8.17 Å². The van der Waals surface area contributed by atoms with Gasteiger partial charge in [0.2, 0.25) is 0 Å². The highest BCUT2D eigenvalue weighted by Crippen LogP contribution is 2.40. The first kappa shape index (κ1) is 21.5. The van der Waals surface area contributed by atoms with Crippen molar-refractivity contribution in [3.05, 3.63) is 140 Å². The average molecular weight is 475 g/mol. The molecule has 0 aliphatic carbocycles. The number of fused-ring (bicyclic) bond motifs is 4. The summed E-state index contributed by atoms with van der Waals surface area (Å²) >= 11 is 0. The van der Waals surface area contributed by atoms with Crippen molar-refractivity contribution in [2.45, 2.75) is 0 Å². The molecule has 0 N–H and O–H groups in total. The molecule has 0 unspecified atom stereocenters. The van der Waals surface area contributed by atoms with Crippen LogP contribution in [0.25, 0.3) is 49.4 Å². The number of hydrogen-bond acceptors (Lipinski definition) is 1. The molecular formula is C35H26N2. The molecule has 0 radical (unpaired) electrons. The van der Waals surface area contributed by atoms with Crippen LogP contribution >= 0.6 is 0 Å². The molecule has 7 rings (SSSR count). The Morgan fingerprint density at radius 3 is 1.68 bits per heavy atom. The smallest absolute Gasteiger partial charge is 0.0542 e. The van der Waals surface area contributed by atoms with Crippen molar-refractivity contribution in [1.29, 1.82) is 0 Å². The van der Waals surface area contributed by atoms with Crippen molar-refractivity contribution < 1.29 is 0 Å². The highest BCUT2D eigenvalue weighted by molar-refractivity contribution is 6.11. The van der Waals surface area contributed by atoms with E-state index in [1.165, 1.54) is 60.8 Å². The SMILES string of the molecule is CN(c1ccccc1-c1ccccc1)c1ccc(-n2c3ccccc3c3ccccc32)c2ccccc12. The lowest BCUT2D eigenvalue weighted by molar-refractivity contribution is 1.18. The molecule has 37 heavy (non-hydrogen) atoms. The van der Waals surface area contributed by atoms with Crippen LogP contribution in [0.5, 0.6) is 0 Å². The quantitative estimate of drug-likeness (QED) is 0.247. The summed E-state index contributed by atoms with van der Waals surface area (Å²) in [6.45, 7) is 0. The summed E-state index contributed by atoms with van der Waals surface area (Å²) in [6, 6.07) is 50.0. The maximum absolute atomic E-state index is 2.41. The molecule has 1 aromatic heterocycles. The van der Waals surface area contributed by atoms with Gasteiger partial charge in [0.05, 0.1) is 16.7 Å². The third kappa shape index (κ3) is 3.41. The lowest BCUT2D eigenvalue weighted by Crippen LogP contribution is -2.11. The molecule has 176 valence electrons. The zero-order valence-electron chi connectivity index (χ0n) is 20.7. The number of nitrogens with zero attached hydrogens (tertiary/aromatic N) is 2. The maximum Gasteiger partial charge on any atom is 0.0542 e. The van der Waals surface area contributed by atoms with E-state index in [2.05, 4.69) is 156 Å². The van der Waals surface area contributed by atoms with Crippen LogP contribution in [-0.4, -0.2) is 11.6 Å². The van der Waals surface area contributed by atoms with Crippen molar-refractivity contribution in [2.75, 3.05) is 11.9 Å². The minimum Gasteiger partial charge on any atom is -0.344 e. The third-order valence-corrected chi connectivity index (χ3v) is 7.41. The van der Waals surface area contributed by atoms with Crippen LogP contribution in [0.4, 0.5) is 11.4 Å². The molecule has 1 heterocycles. The summed E-state index contributed by atoms with van der Waals surface area (Å²) in [4.78, 5) is 2.32. The van der Waals surface area contributed by atoms with Gasteiger partial charge < -0.3 is 9.47 Å². The molecule has 0 spiro atoms. The number of para-hydroxylation sites is 3. The number of anilines is 2. The summed E-state index contributed by atoms with van der Waals surface area (Å²) in [5.74, 6) is 0. The Balaban J connectivity index is 1.46. The van der Waals surface area contributed by atoms with Gasteiger partial charge in [0.25, 0.3) is 0 Å². The van der Waals surface area contributed by atoms with E-state index in [1.807, 2.05) is 0 Å². The van der Waals surface area contributed by atoms with Gasteiger partial charge in [0.15, 0.2) is 0 Å². The summed E-state index contributed by atoms with van der Waals surface area (Å²) in [7, 11) is 2.17. The fourth-order valence-corrected chi connectivity index (χ4v) is 5.69. The molecule has 0 atom stereocenters. The Morgan fingerprint density at radius 1 is 0.432 bits per heavy atom. The zero-order chi connectivity index (χ0) is 24.8. The first-order valence-corrected chi connectivity index (χ1v) is 12.7. The Labute approximate surface area is 216 Å². The van der Waals surface area contributed by atoms with Crippen LogP contribution in [0.2, 0.25) is 0 Å². The van der Waals surface area contributed by atoms with Gasteiger partial charge in [-0.2, -0.15) is 0 Å². The summed E-state index contributed by atoms with van der Waals surface area (Å²) < 4.78 is 2.41. The van der Waals surface area contributed by atoms with E-state index in [9.17, 15) is 0 Å².